The Morgan fingerprint density at radius 2 is 2.08 bits per heavy atom. The summed E-state index contributed by atoms with van der Waals surface area (Å²) in [5, 5.41) is 12.0. The third kappa shape index (κ3) is 5.54. The van der Waals surface area contributed by atoms with E-state index in [0.29, 0.717) is 29.3 Å². The van der Waals surface area contributed by atoms with Gasteiger partial charge in [-0.15, -0.1) is 0 Å². The van der Waals surface area contributed by atoms with Crippen LogP contribution in [0.15, 0.2) is 40.8 Å². The molecule has 0 fully saturated rings. The minimum Gasteiger partial charge on any atom is -0.480 e. The predicted molar refractivity (Wildman–Crippen MR) is 90.4 cm³/mol. The minimum atomic E-state index is -4.42. The number of carboxylic acids is 1. The van der Waals surface area contributed by atoms with Crippen LogP contribution in [0.2, 0.25) is 0 Å². The number of nitrogens with one attached hydrogen (secondary N) is 1. The van der Waals surface area contributed by atoms with Crippen LogP contribution in [0.25, 0.3) is 11.3 Å². The summed E-state index contributed by atoms with van der Waals surface area (Å²) in [6.45, 7) is 0.185. The lowest BCUT2D eigenvalue weighted by Gasteiger charge is -2.12. The summed E-state index contributed by atoms with van der Waals surface area (Å²) in [6.07, 6.45) is -2.05. The van der Waals surface area contributed by atoms with Crippen molar-refractivity contribution in [1.29, 1.82) is 0 Å². The number of carbonyl (C=O) groups is 1. The van der Waals surface area contributed by atoms with Crippen LogP contribution in [-0.2, 0) is 17.5 Å². The van der Waals surface area contributed by atoms with Crippen LogP contribution in [0.3, 0.4) is 0 Å². The standard InChI is InChI=1S/C17H18F3NO3S/c1-25-8-7-14(16(22)23)21-10-13-5-6-15(24-13)11-3-2-4-12(9-11)17(18,19)20/h2-6,9,14,21H,7-8,10H2,1H3,(H,22,23)/t14-/m1/s1. The number of alkyl halides is 3. The SMILES string of the molecule is CSCC[C@@H](NCc1ccc(-c2cccc(C(F)(F)F)c2)o1)C(=O)O. The van der Waals surface area contributed by atoms with E-state index in [2.05, 4.69) is 5.32 Å². The van der Waals surface area contributed by atoms with Gasteiger partial charge in [0.1, 0.15) is 17.6 Å². The van der Waals surface area contributed by atoms with E-state index in [1.165, 1.54) is 12.1 Å². The maximum Gasteiger partial charge on any atom is 0.416 e. The van der Waals surface area contributed by atoms with Gasteiger partial charge in [-0.25, -0.2) is 0 Å². The molecule has 2 N–H and O–H groups in total. The maximum atomic E-state index is 12.8. The Kier molecular flexibility index (Phi) is 6.55. The Morgan fingerprint density at radius 3 is 2.72 bits per heavy atom. The van der Waals surface area contributed by atoms with Crippen molar-refractivity contribution in [2.24, 2.45) is 0 Å². The van der Waals surface area contributed by atoms with Crippen LogP contribution in [-0.4, -0.2) is 29.1 Å². The van der Waals surface area contributed by atoms with Crippen LogP contribution in [0.1, 0.15) is 17.7 Å². The van der Waals surface area contributed by atoms with E-state index in [1.54, 1.807) is 23.9 Å². The second-order valence-electron chi connectivity index (χ2n) is 5.40. The van der Waals surface area contributed by atoms with E-state index < -0.39 is 23.8 Å². The fourth-order valence-corrected chi connectivity index (χ4v) is 2.72. The number of halogens is 3. The van der Waals surface area contributed by atoms with Crippen LogP contribution in [0.4, 0.5) is 13.2 Å². The average molecular weight is 373 g/mol. The number of rotatable bonds is 8. The molecule has 2 rings (SSSR count). The van der Waals surface area contributed by atoms with Crippen molar-refractivity contribution in [3.05, 3.63) is 47.7 Å². The van der Waals surface area contributed by atoms with Crippen molar-refractivity contribution in [1.82, 2.24) is 5.32 Å². The fraction of sp³-hybridized carbons (Fsp3) is 0.353. The smallest absolute Gasteiger partial charge is 0.416 e. The number of aliphatic carboxylic acids is 1. The highest BCUT2D eigenvalue weighted by atomic mass is 32.2. The molecule has 0 amide bonds. The van der Waals surface area contributed by atoms with Crippen LogP contribution in [0.5, 0.6) is 0 Å². The third-order valence-corrected chi connectivity index (χ3v) is 4.21. The van der Waals surface area contributed by atoms with Crippen molar-refractivity contribution < 1.29 is 27.5 Å². The lowest BCUT2D eigenvalue weighted by molar-refractivity contribution is -0.139. The van der Waals surface area contributed by atoms with E-state index in [4.69, 9.17) is 9.52 Å². The molecule has 0 unspecified atom stereocenters. The van der Waals surface area contributed by atoms with Crippen LogP contribution in [0, 0.1) is 0 Å². The Bertz CT molecular complexity index is 715. The Hall–Kier alpha value is -1.93. The van der Waals surface area contributed by atoms with Gasteiger partial charge in [0, 0.05) is 5.56 Å². The summed E-state index contributed by atoms with van der Waals surface area (Å²) in [6, 6.07) is 7.37. The molecule has 136 valence electrons. The average Bonchev–Trinajstić information content (AvgIpc) is 3.03. The van der Waals surface area contributed by atoms with Crippen molar-refractivity contribution >= 4 is 17.7 Å². The van der Waals surface area contributed by atoms with E-state index >= 15 is 0 Å². The number of thioether (sulfide) groups is 1. The first-order valence-corrected chi connectivity index (χ1v) is 8.92. The van der Waals surface area contributed by atoms with Gasteiger partial charge in [0.15, 0.2) is 0 Å². The molecular formula is C17H18F3NO3S. The highest BCUT2D eigenvalue weighted by molar-refractivity contribution is 7.98. The van der Waals surface area contributed by atoms with Crippen molar-refractivity contribution in [3.63, 3.8) is 0 Å². The van der Waals surface area contributed by atoms with Crippen LogP contribution < -0.4 is 5.32 Å². The maximum absolute atomic E-state index is 12.8. The van der Waals surface area contributed by atoms with Gasteiger partial charge in [-0.05, 0) is 42.7 Å². The first-order chi connectivity index (χ1) is 11.8. The molecule has 1 atom stereocenters. The molecule has 0 bridgehead atoms. The Labute approximate surface area is 147 Å². The van der Waals surface area contributed by atoms with Crippen molar-refractivity contribution in [3.8, 4) is 11.3 Å². The van der Waals surface area contributed by atoms with Crippen molar-refractivity contribution in [2.75, 3.05) is 12.0 Å². The fourth-order valence-electron chi connectivity index (χ4n) is 2.25. The molecule has 0 saturated heterocycles. The summed E-state index contributed by atoms with van der Waals surface area (Å²) in [4.78, 5) is 11.2. The van der Waals surface area contributed by atoms with Gasteiger partial charge in [-0.3, -0.25) is 10.1 Å². The highest BCUT2D eigenvalue weighted by Gasteiger charge is 2.30. The summed E-state index contributed by atoms with van der Waals surface area (Å²) >= 11 is 1.56. The van der Waals surface area contributed by atoms with Gasteiger partial charge in [0.05, 0.1) is 12.1 Å². The van der Waals surface area contributed by atoms with E-state index in [0.717, 1.165) is 12.1 Å². The first kappa shape index (κ1) is 19.4. The molecule has 0 aliphatic carbocycles. The first-order valence-electron chi connectivity index (χ1n) is 7.52. The van der Waals surface area contributed by atoms with E-state index in [-0.39, 0.29) is 6.54 Å². The van der Waals surface area contributed by atoms with E-state index in [1.807, 2.05) is 6.26 Å². The predicted octanol–water partition coefficient (Wildman–Crippen LogP) is 4.26. The molecule has 4 nitrogen and oxygen atoms in total. The zero-order valence-corrected chi connectivity index (χ0v) is 14.3. The quantitative estimate of drug-likeness (QED) is 0.724. The van der Waals surface area contributed by atoms with Gasteiger partial charge >= 0.3 is 12.1 Å². The molecule has 0 radical (unpaired) electrons. The second-order valence-corrected chi connectivity index (χ2v) is 6.38. The molecule has 1 heterocycles. The molecule has 1 aromatic heterocycles. The number of benzene rings is 1. The van der Waals surface area contributed by atoms with Crippen molar-refractivity contribution in [2.45, 2.75) is 25.2 Å². The highest BCUT2D eigenvalue weighted by Crippen LogP contribution is 2.32. The summed E-state index contributed by atoms with van der Waals surface area (Å²) < 4.78 is 43.9. The van der Waals surface area contributed by atoms with Crippen LogP contribution >= 0.6 is 11.8 Å². The summed E-state index contributed by atoms with van der Waals surface area (Å²) in [5.41, 5.74) is -0.428. The molecule has 0 aliphatic heterocycles. The van der Waals surface area contributed by atoms with Gasteiger partial charge in [0.2, 0.25) is 0 Å². The lowest BCUT2D eigenvalue weighted by atomic mass is 10.1. The van der Waals surface area contributed by atoms with E-state index in [9.17, 15) is 18.0 Å². The molecule has 2 aromatic rings. The van der Waals surface area contributed by atoms with Gasteiger partial charge < -0.3 is 9.52 Å². The summed E-state index contributed by atoms with van der Waals surface area (Å²) in [7, 11) is 0. The third-order valence-electron chi connectivity index (χ3n) is 3.57. The molecule has 0 saturated carbocycles. The lowest BCUT2D eigenvalue weighted by Crippen LogP contribution is -2.36. The Morgan fingerprint density at radius 1 is 1.32 bits per heavy atom. The normalized spacial score (nSPS) is 13.0. The number of carboxylic acid groups (broad SMARTS) is 1. The van der Waals surface area contributed by atoms with Gasteiger partial charge in [-0.1, -0.05) is 12.1 Å². The monoisotopic (exact) mass is 373 g/mol. The molecule has 1 aromatic carbocycles. The summed E-state index contributed by atoms with van der Waals surface area (Å²) in [5.74, 6) is 0.526. The molecule has 0 spiro atoms. The van der Waals surface area contributed by atoms with Gasteiger partial charge in [-0.2, -0.15) is 24.9 Å². The number of hydrogen-bond acceptors (Lipinski definition) is 4. The topological polar surface area (TPSA) is 62.5 Å². The largest absolute Gasteiger partial charge is 0.480 e. The minimum absolute atomic E-state index is 0.185. The zero-order valence-electron chi connectivity index (χ0n) is 13.5. The number of furan rings is 1. The van der Waals surface area contributed by atoms with Gasteiger partial charge in [0.25, 0.3) is 0 Å². The number of hydrogen-bond donors (Lipinski definition) is 2. The molecule has 8 heteroatoms. The Balaban J connectivity index is 2.06. The molecule has 25 heavy (non-hydrogen) atoms. The second kappa shape index (κ2) is 8.44. The molecular weight excluding hydrogens is 355 g/mol. The molecule has 0 aliphatic rings. The zero-order chi connectivity index (χ0) is 18.4.